The van der Waals surface area contributed by atoms with Gasteiger partial charge in [-0.1, -0.05) is 19.9 Å². The van der Waals surface area contributed by atoms with Gasteiger partial charge in [0.1, 0.15) is 0 Å². The molecular weight excluding hydrogens is 322 g/mol. The Balaban J connectivity index is 1.78. The zero-order valence-electron chi connectivity index (χ0n) is 14.8. The minimum absolute atomic E-state index is 0.0661. The average Bonchev–Trinajstić information content (AvgIpc) is 3.08. The molecule has 1 saturated heterocycles. The summed E-state index contributed by atoms with van der Waals surface area (Å²) in [6.45, 7) is 7.43. The maximum absolute atomic E-state index is 11.0. The van der Waals surface area contributed by atoms with E-state index in [2.05, 4.69) is 51.9 Å². The van der Waals surface area contributed by atoms with Gasteiger partial charge >= 0.3 is 0 Å². The maximum Gasteiger partial charge on any atom is 0.231 e. The van der Waals surface area contributed by atoms with Crippen LogP contribution in [0.3, 0.4) is 0 Å². The second kappa shape index (κ2) is 8.48. The Morgan fingerprint density at radius 3 is 2.71 bits per heavy atom. The summed E-state index contributed by atoms with van der Waals surface area (Å²) in [6.07, 6.45) is 1.98. The first kappa shape index (κ1) is 18.7. The van der Waals surface area contributed by atoms with Crippen molar-refractivity contribution in [2.24, 2.45) is 10.7 Å². The second-order valence-electron chi connectivity index (χ2n) is 6.95. The summed E-state index contributed by atoms with van der Waals surface area (Å²) in [5, 5.41) is 9.06. The summed E-state index contributed by atoms with van der Waals surface area (Å²) in [4.78, 5) is 18.8. The highest BCUT2D eigenvalue weighted by atomic mass is 32.1. The van der Waals surface area contributed by atoms with E-state index in [0.717, 1.165) is 38.4 Å². The lowest BCUT2D eigenvalue weighted by molar-refractivity contribution is -0.119. The Kier molecular flexibility index (Phi) is 6.62. The lowest BCUT2D eigenvalue weighted by Crippen LogP contribution is -2.51. The average molecular weight is 352 g/mol. The number of carbonyl (C=O) groups excluding carboxylic acids is 1. The third-order valence-corrected chi connectivity index (χ3v) is 5.65. The molecule has 134 valence electrons. The normalized spacial score (nSPS) is 17.7. The minimum atomic E-state index is -0.255. The van der Waals surface area contributed by atoms with E-state index in [1.54, 1.807) is 18.4 Å². The molecule has 1 fully saturated rings. The summed E-state index contributed by atoms with van der Waals surface area (Å²) in [6, 6.07) is 4.65. The number of thiophene rings is 1. The molecule has 0 radical (unpaired) electrons. The molecule has 1 aliphatic heterocycles. The standard InChI is InChI=1S/C17H29N5OS/c1-17(2,14-5-4-10-24-14)12-20-16(19-3)21-13-6-8-22(9-7-13)11-15(18)23/h4-5,10,13H,6-9,11-12H2,1-3H3,(H2,18,23)(H2,19,20,21). The highest BCUT2D eigenvalue weighted by Crippen LogP contribution is 2.26. The Labute approximate surface area is 148 Å². The van der Waals surface area contributed by atoms with Crippen LogP contribution in [0.15, 0.2) is 22.5 Å². The fraction of sp³-hybridized carbons (Fsp3) is 0.647. The SMILES string of the molecule is CN=C(NCC(C)(C)c1cccs1)NC1CCN(CC(N)=O)CC1. The number of hydrogen-bond donors (Lipinski definition) is 3. The molecule has 7 heteroatoms. The highest BCUT2D eigenvalue weighted by Gasteiger charge is 2.24. The van der Waals surface area contributed by atoms with Crippen molar-refractivity contribution in [2.75, 3.05) is 33.2 Å². The molecule has 1 aliphatic rings. The van der Waals surface area contributed by atoms with Crippen molar-refractivity contribution in [3.05, 3.63) is 22.4 Å². The van der Waals surface area contributed by atoms with E-state index in [9.17, 15) is 4.79 Å². The van der Waals surface area contributed by atoms with Crippen molar-refractivity contribution in [1.82, 2.24) is 15.5 Å². The monoisotopic (exact) mass is 351 g/mol. The molecule has 0 bridgehead atoms. The molecule has 6 nitrogen and oxygen atoms in total. The number of likely N-dealkylation sites (tertiary alicyclic amines) is 1. The van der Waals surface area contributed by atoms with Crippen molar-refractivity contribution in [1.29, 1.82) is 0 Å². The van der Waals surface area contributed by atoms with E-state index in [1.807, 2.05) is 0 Å². The predicted octanol–water partition coefficient (Wildman–Crippen LogP) is 1.14. The Bertz CT molecular complexity index is 547. The summed E-state index contributed by atoms with van der Waals surface area (Å²) >= 11 is 1.79. The number of primary amides is 1. The van der Waals surface area contributed by atoms with Crippen LogP contribution in [-0.2, 0) is 10.2 Å². The number of nitrogens with zero attached hydrogens (tertiary/aromatic N) is 2. The number of nitrogens with two attached hydrogens (primary N) is 1. The molecule has 24 heavy (non-hydrogen) atoms. The van der Waals surface area contributed by atoms with Crippen molar-refractivity contribution in [2.45, 2.75) is 38.1 Å². The van der Waals surface area contributed by atoms with Crippen LogP contribution in [-0.4, -0.2) is 56.0 Å². The molecular formula is C17H29N5OS. The van der Waals surface area contributed by atoms with Gasteiger partial charge in [-0.25, -0.2) is 0 Å². The molecule has 2 heterocycles. The van der Waals surface area contributed by atoms with Gasteiger partial charge in [0.25, 0.3) is 0 Å². The number of piperidine rings is 1. The van der Waals surface area contributed by atoms with E-state index < -0.39 is 0 Å². The fourth-order valence-electron chi connectivity index (χ4n) is 2.90. The van der Waals surface area contributed by atoms with Gasteiger partial charge < -0.3 is 16.4 Å². The van der Waals surface area contributed by atoms with Crippen molar-refractivity contribution in [3.8, 4) is 0 Å². The first-order chi connectivity index (χ1) is 11.4. The van der Waals surface area contributed by atoms with E-state index >= 15 is 0 Å². The number of rotatable bonds is 6. The van der Waals surface area contributed by atoms with E-state index in [0.29, 0.717) is 12.6 Å². The molecule has 0 atom stereocenters. The van der Waals surface area contributed by atoms with Crippen LogP contribution in [0.25, 0.3) is 0 Å². The number of nitrogens with one attached hydrogen (secondary N) is 2. The summed E-state index contributed by atoms with van der Waals surface area (Å²) in [7, 11) is 1.80. The molecule has 0 saturated carbocycles. The largest absolute Gasteiger partial charge is 0.369 e. The Morgan fingerprint density at radius 2 is 2.17 bits per heavy atom. The van der Waals surface area contributed by atoms with Gasteiger partial charge in [-0.3, -0.25) is 14.7 Å². The molecule has 1 aromatic rings. The van der Waals surface area contributed by atoms with Crippen LogP contribution in [0, 0.1) is 0 Å². The highest BCUT2D eigenvalue weighted by molar-refractivity contribution is 7.10. The van der Waals surface area contributed by atoms with Crippen molar-refractivity contribution < 1.29 is 4.79 Å². The van der Waals surface area contributed by atoms with Crippen molar-refractivity contribution in [3.63, 3.8) is 0 Å². The van der Waals surface area contributed by atoms with Gasteiger partial charge in [-0.05, 0) is 24.3 Å². The number of hydrogen-bond acceptors (Lipinski definition) is 4. The molecule has 2 rings (SSSR count). The summed E-state index contributed by atoms with van der Waals surface area (Å²) in [5.74, 6) is 0.586. The maximum atomic E-state index is 11.0. The van der Waals surface area contributed by atoms with Gasteiger partial charge in [0.15, 0.2) is 5.96 Å². The number of aliphatic imine (C=N–C) groups is 1. The lowest BCUT2D eigenvalue weighted by atomic mass is 9.91. The quantitative estimate of drug-likeness (QED) is 0.530. The molecule has 0 aromatic carbocycles. The van der Waals surface area contributed by atoms with Crippen LogP contribution in [0.5, 0.6) is 0 Å². The lowest BCUT2D eigenvalue weighted by Gasteiger charge is -2.33. The van der Waals surface area contributed by atoms with Gasteiger partial charge in [-0.2, -0.15) is 0 Å². The van der Waals surface area contributed by atoms with Crippen LogP contribution in [0.1, 0.15) is 31.6 Å². The molecule has 1 aromatic heterocycles. The predicted molar refractivity (Wildman–Crippen MR) is 100 cm³/mol. The Morgan fingerprint density at radius 1 is 1.46 bits per heavy atom. The molecule has 0 aliphatic carbocycles. The van der Waals surface area contributed by atoms with Crippen molar-refractivity contribution >= 4 is 23.2 Å². The third-order valence-electron chi connectivity index (χ3n) is 4.42. The Hall–Kier alpha value is -1.60. The van der Waals surface area contributed by atoms with E-state index in [-0.39, 0.29) is 11.3 Å². The summed E-state index contributed by atoms with van der Waals surface area (Å²) in [5.41, 5.74) is 5.32. The van der Waals surface area contributed by atoms with Crippen LogP contribution >= 0.6 is 11.3 Å². The molecule has 0 spiro atoms. The van der Waals surface area contributed by atoms with Crippen LogP contribution < -0.4 is 16.4 Å². The number of amides is 1. The number of guanidine groups is 1. The van der Waals surface area contributed by atoms with Gasteiger partial charge in [0.05, 0.1) is 6.54 Å². The number of carbonyl (C=O) groups is 1. The molecule has 4 N–H and O–H groups in total. The van der Waals surface area contributed by atoms with Crippen LogP contribution in [0.2, 0.25) is 0 Å². The minimum Gasteiger partial charge on any atom is -0.369 e. The zero-order chi connectivity index (χ0) is 17.6. The first-order valence-corrected chi connectivity index (χ1v) is 9.30. The van der Waals surface area contributed by atoms with E-state index in [4.69, 9.17) is 5.73 Å². The van der Waals surface area contributed by atoms with Gasteiger partial charge in [-0.15, -0.1) is 11.3 Å². The smallest absolute Gasteiger partial charge is 0.231 e. The fourth-order valence-corrected chi connectivity index (χ4v) is 3.75. The third kappa shape index (κ3) is 5.49. The molecule has 1 amide bonds. The van der Waals surface area contributed by atoms with Gasteiger partial charge in [0.2, 0.25) is 5.91 Å². The van der Waals surface area contributed by atoms with Crippen LogP contribution in [0.4, 0.5) is 0 Å². The van der Waals surface area contributed by atoms with E-state index in [1.165, 1.54) is 4.88 Å². The van der Waals surface area contributed by atoms with Gasteiger partial charge in [0, 0.05) is 43.0 Å². The first-order valence-electron chi connectivity index (χ1n) is 8.42. The topological polar surface area (TPSA) is 82.8 Å². The summed E-state index contributed by atoms with van der Waals surface area (Å²) < 4.78 is 0. The zero-order valence-corrected chi connectivity index (χ0v) is 15.7. The molecule has 0 unspecified atom stereocenters. The second-order valence-corrected chi connectivity index (χ2v) is 7.90.